The third-order valence-electron chi connectivity index (χ3n) is 5.48. The first-order chi connectivity index (χ1) is 11.9. The van der Waals surface area contributed by atoms with Gasteiger partial charge in [-0.1, -0.05) is 103 Å². The molecule has 0 radical (unpaired) electrons. The van der Waals surface area contributed by atoms with Crippen molar-refractivity contribution in [1.29, 1.82) is 0 Å². The quantitative estimate of drug-likeness (QED) is 0.277. The molecule has 24 heavy (non-hydrogen) atoms. The van der Waals surface area contributed by atoms with Crippen LogP contribution in [-0.2, 0) is 0 Å². The van der Waals surface area contributed by atoms with Crippen molar-refractivity contribution in [3.63, 3.8) is 0 Å². The van der Waals surface area contributed by atoms with Gasteiger partial charge in [0.1, 0.15) is 0 Å². The Kier molecular flexibility index (Phi) is 16.2. The molecule has 0 aromatic heterocycles. The molecule has 1 aliphatic heterocycles. The fraction of sp³-hybridized carbons (Fsp3) is 1.00. The van der Waals surface area contributed by atoms with Crippen LogP contribution < -0.4 is 10.6 Å². The second-order valence-corrected chi connectivity index (χ2v) is 7.91. The monoisotopic (exact) mass is 338 g/mol. The molecule has 1 rings (SSSR count). The van der Waals surface area contributed by atoms with Crippen LogP contribution in [0.5, 0.6) is 0 Å². The fourth-order valence-corrected chi connectivity index (χ4v) is 3.81. The van der Waals surface area contributed by atoms with E-state index in [-0.39, 0.29) is 0 Å². The first-order valence-corrected chi connectivity index (χ1v) is 11.4. The Labute approximate surface area is 152 Å². The molecule has 1 aliphatic rings. The van der Waals surface area contributed by atoms with Gasteiger partial charge in [-0.05, 0) is 32.4 Å². The molecule has 0 amide bonds. The van der Waals surface area contributed by atoms with E-state index < -0.39 is 0 Å². The van der Waals surface area contributed by atoms with Crippen LogP contribution in [0.25, 0.3) is 0 Å². The Balaban J connectivity index is 1.63. The summed E-state index contributed by atoms with van der Waals surface area (Å²) in [6.45, 7) is 4.71. The van der Waals surface area contributed by atoms with Crippen LogP contribution in [0.15, 0.2) is 0 Å². The second-order valence-electron chi connectivity index (χ2n) is 7.91. The van der Waals surface area contributed by atoms with E-state index in [1.165, 1.54) is 129 Å². The van der Waals surface area contributed by atoms with E-state index in [9.17, 15) is 0 Å². The van der Waals surface area contributed by atoms with E-state index in [0.29, 0.717) is 6.17 Å². The zero-order valence-electron chi connectivity index (χ0n) is 16.7. The molecular weight excluding hydrogens is 292 g/mol. The molecule has 1 saturated heterocycles. The molecule has 2 nitrogen and oxygen atoms in total. The van der Waals surface area contributed by atoms with Crippen LogP contribution in [0.1, 0.15) is 122 Å². The largest absolute Gasteiger partial charge is 0.302 e. The summed E-state index contributed by atoms with van der Waals surface area (Å²) in [4.78, 5) is 0. The van der Waals surface area contributed by atoms with Crippen molar-refractivity contribution in [3.8, 4) is 0 Å². The lowest BCUT2D eigenvalue weighted by Gasteiger charge is -2.12. The first-order valence-electron chi connectivity index (χ1n) is 11.4. The Morgan fingerprint density at radius 3 is 1.54 bits per heavy atom. The van der Waals surface area contributed by atoms with Gasteiger partial charge in [0.25, 0.3) is 0 Å². The molecule has 0 aromatic rings. The zero-order valence-corrected chi connectivity index (χ0v) is 16.7. The fourth-order valence-electron chi connectivity index (χ4n) is 3.81. The molecule has 1 heterocycles. The van der Waals surface area contributed by atoms with Crippen LogP contribution in [-0.4, -0.2) is 19.3 Å². The van der Waals surface area contributed by atoms with Crippen molar-refractivity contribution < 1.29 is 0 Å². The van der Waals surface area contributed by atoms with Gasteiger partial charge in [0.2, 0.25) is 0 Å². The summed E-state index contributed by atoms with van der Waals surface area (Å²) in [5, 5.41) is 7.12. The standard InChI is InChI=1S/C22H46N2/c1-2-3-4-5-6-7-8-9-10-11-12-13-14-15-16-17-20-23-22-19-18-21-24-22/h22-24H,2-21H2,1H3. The smallest absolute Gasteiger partial charge is 0.0572 e. The van der Waals surface area contributed by atoms with Gasteiger partial charge in [0, 0.05) is 0 Å². The van der Waals surface area contributed by atoms with Crippen LogP contribution in [0.2, 0.25) is 0 Å². The van der Waals surface area contributed by atoms with Gasteiger partial charge in [-0.15, -0.1) is 0 Å². The van der Waals surface area contributed by atoms with Crippen LogP contribution in [0, 0.1) is 0 Å². The third kappa shape index (κ3) is 14.3. The molecule has 0 aromatic carbocycles. The first kappa shape index (κ1) is 22.0. The van der Waals surface area contributed by atoms with Gasteiger partial charge >= 0.3 is 0 Å². The summed E-state index contributed by atoms with van der Waals surface area (Å²) in [6, 6.07) is 0. The minimum atomic E-state index is 0.612. The van der Waals surface area contributed by atoms with E-state index in [1.807, 2.05) is 0 Å². The van der Waals surface area contributed by atoms with Gasteiger partial charge in [-0.3, -0.25) is 0 Å². The second kappa shape index (κ2) is 17.7. The molecule has 144 valence electrons. The number of hydrogen-bond donors (Lipinski definition) is 2. The van der Waals surface area contributed by atoms with E-state index in [0.717, 1.165) is 0 Å². The minimum absolute atomic E-state index is 0.612. The maximum Gasteiger partial charge on any atom is 0.0572 e. The molecule has 0 spiro atoms. The number of nitrogens with one attached hydrogen (secondary N) is 2. The van der Waals surface area contributed by atoms with Crippen LogP contribution >= 0.6 is 0 Å². The maximum atomic E-state index is 3.62. The summed E-state index contributed by atoms with van der Waals surface area (Å²) < 4.78 is 0. The Bertz CT molecular complexity index is 236. The number of unbranched alkanes of at least 4 members (excludes halogenated alkanes) is 15. The lowest BCUT2D eigenvalue weighted by molar-refractivity contribution is 0.464. The Morgan fingerprint density at radius 2 is 1.12 bits per heavy atom. The molecule has 1 atom stereocenters. The average Bonchev–Trinajstić information content (AvgIpc) is 3.11. The summed E-state index contributed by atoms with van der Waals surface area (Å²) >= 11 is 0. The van der Waals surface area contributed by atoms with E-state index in [2.05, 4.69) is 17.6 Å². The highest BCUT2D eigenvalue weighted by atomic mass is 15.1. The minimum Gasteiger partial charge on any atom is -0.302 e. The highest BCUT2D eigenvalue weighted by Gasteiger charge is 2.11. The Morgan fingerprint density at radius 1 is 0.667 bits per heavy atom. The van der Waals surface area contributed by atoms with Crippen LogP contribution in [0.3, 0.4) is 0 Å². The van der Waals surface area contributed by atoms with E-state index >= 15 is 0 Å². The molecular formula is C22H46N2. The van der Waals surface area contributed by atoms with Crippen molar-refractivity contribution in [1.82, 2.24) is 10.6 Å². The maximum absolute atomic E-state index is 3.62. The van der Waals surface area contributed by atoms with E-state index in [4.69, 9.17) is 0 Å². The summed E-state index contributed by atoms with van der Waals surface area (Å²) in [5.74, 6) is 0. The molecule has 2 heteroatoms. The number of hydrogen-bond acceptors (Lipinski definition) is 2. The summed E-state index contributed by atoms with van der Waals surface area (Å²) in [6.07, 6.45) is 26.5. The molecule has 0 bridgehead atoms. The van der Waals surface area contributed by atoms with Gasteiger partial charge in [-0.25, -0.2) is 0 Å². The molecule has 0 aliphatic carbocycles. The predicted molar refractivity (Wildman–Crippen MR) is 109 cm³/mol. The molecule has 1 unspecified atom stereocenters. The van der Waals surface area contributed by atoms with Crippen molar-refractivity contribution in [3.05, 3.63) is 0 Å². The Hall–Kier alpha value is -0.0800. The average molecular weight is 339 g/mol. The number of rotatable bonds is 18. The highest BCUT2D eigenvalue weighted by molar-refractivity contribution is 4.71. The zero-order chi connectivity index (χ0) is 17.1. The third-order valence-corrected chi connectivity index (χ3v) is 5.48. The SMILES string of the molecule is CCCCCCCCCCCCCCCCCCNC1CCCN1. The van der Waals surface area contributed by atoms with Crippen molar-refractivity contribution in [2.75, 3.05) is 13.1 Å². The van der Waals surface area contributed by atoms with Crippen molar-refractivity contribution >= 4 is 0 Å². The normalized spacial score (nSPS) is 17.6. The van der Waals surface area contributed by atoms with E-state index in [1.54, 1.807) is 0 Å². The van der Waals surface area contributed by atoms with Crippen molar-refractivity contribution in [2.45, 2.75) is 129 Å². The molecule has 1 fully saturated rings. The molecule has 2 N–H and O–H groups in total. The van der Waals surface area contributed by atoms with Gasteiger partial charge in [0.05, 0.1) is 6.17 Å². The van der Waals surface area contributed by atoms with Crippen molar-refractivity contribution in [2.24, 2.45) is 0 Å². The topological polar surface area (TPSA) is 24.1 Å². The predicted octanol–water partition coefficient (Wildman–Crippen LogP) is 6.55. The van der Waals surface area contributed by atoms with Gasteiger partial charge in [0.15, 0.2) is 0 Å². The lowest BCUT2D eigenvalue weighted by atomic mass is 10.0. The summed E-state index contributed by atoms with van der Waals surface area (Å²) in [7, 11) is 0. The molecule has 0 saturated carbocycles. The summed E-state index contributed by atoms with van der Waals surface area (Å²) in [5.41, 5.74) is 0. The van der Waals surface area contributed by atoms with Gasteiger partial charge in [-0.2, -0.15) is 0 Å². The highest BCUT2D eigenvalue weighted by Crippen LogP contribution is 2.13. The van der Waals surface area contributed by atoms with Crippen LogP contribution in [0.4, 0.5) is 0 Å². The lowest BCUT2D eigenvalue weighted by Crippen LogP contribution is -2.37. The van der Waals surface area contributed by atoms with Gasteiger partial charge < -0.3 is 10.6 Å².